The maximum atomic E-state index is 5.30. The van der Waals surface area contributed by atoms with Crippen LogP contribution in [0.4, 0.5) is 0 Å². The molecule has 0 aliphatic heterocycles. The van der Waals surface area contributed by atoms with Gasteiger partial charge in [-0.05, 0) is 137 Å². The fraction of sp³-hybridized carbons (Fsp3) is 0. The summed E-state index contributed by atoms with van der Waals surface area (Å²) in [7, 11) is 0. The molecule has 0 unspecified atom stereocenters. The second-order valence-corrected chi connectivity index (χ2v) is 35.7. The van der Waals surface area contributed by atoms with E-state index in [1.807, 2.05) is 188 Å². The van der Waals surface area contributed by atoms with E-state index < -0.39 is 0 Å². The average Bonchev–Trinajstić information content (AvgIpc) is 0.753. The normalized spacial score (nSPS) is 11.3. The van der Waals surface area contributed by atoms with E-state index in [2.05, 4.69) is 319 Å². The molecule has 0 aliphatic rings. The lowest BCUT2D eigenvalue weighted by Crippen LogP contribution is -2.00. The van der Waals surface area contributed by atoms with Crippen molar-refractivity contribution in [2.75, 3.05) is 0 Å². The lowest BCUT2D eigenvalue weighted by atomic mass is 9.93. The van der Waals surface area contributed by atoms with E-state index in [0.29, 0.717) is 17.5 Å². The molecule has 0 spiro atoms. The first kappa shape index (κ1) is 87.5. The predicted molar refractivity (Wildman–Crippen MR) is 595 cm³/mol. The third-order valence-electron chi connectivity index (χ3n) is 26.7. The molecule has 0 amide bonds. The molecular formula is C132H84N14. The van der Waals surface area contributed by atoms with Crippen LogP contribution in [-0.4, -0.2) is 69.8 Å². The molecule has 0 aliphatic carbocycles. The Kier molecular flexibility index (Phi) is 23.4. The van der Waals surface area contributed by atoms with Crippen molar-refractivity contribution in [2.24, 2.45) is 0 Å². The van der Waals surface area contributed by atoms with E-state index in [9.17, 15) is 0 Å². The third kappa shape index (κ3) is 17.5. The van der Waals surface area contributed by atoms with Crippen LogP contribution in [0.1, 0.15) is 0 Å². The third-order valence-corrected chi connectivity index (χ3v) is 26.7. The molecule has 12 aromatic heterocycles. The number of hydrogen-bond acceptors (Lipinski definition) is 14. The zero-order chi connectivity index (χ0) is 97.0. The van der Waals surface area contributed by atoms with Gasteiger partial charge < -0.3 is 0 Å². The summed E-state index contributed by atoms with van der Waals surface area (Å²) in [5.74, 6) is 1.92. The summed E-state index contributed by atoms with van der Waals surface area (Å²) in [5, 5.41) is 12.2. The number of nitrogens with zero attached hydrogens (tertiary/aromatic N) is 14. The van der Waals surface area contributed by atoms with E-state index in [4.69, 9.17) is 59.8 Å². The van der Waals surface area contributed by atoms with Gasteiger partial charge in [0.1, 0.15) is 0 Å². The minimum atomic E-state index is 0.630. The second-order valence-electron chi connectivity index (χ2n) is 35.7. The predicted octanol–water partition coefficient (Wildman–Crippen LogP) is 32.5. The van der Waals surface area contributed by atoms with E-state index in [1.54, 1.807) is 12.4 Å². The molecule has 0 atom stereocenters. The number of aromatic nitrogens is 14. The maximum Gasteiger partial charge on any atom is 0.164 e. The molecule has 14 heteroatoms. The summed E-state index contributed by atoms with van der Waals surface area (Å²) in [6.45, 7) is 0. The average molecular weight is 1870 g/mol. The minimum absolute atomic E-state index is 0.630. The van der Waals surface area contributed by atoms with Crippen molar-refractivity contribution in [3.63, 3.8) is 0 Å². The van der Waals surface area contributed by atoms with Crippen molar-refractivity contribution in [3.8, 4) is 180 Å². The Morgan fingerprint density at radius 3 is 0.747 bits per heavy atom. The van der Waals surface area contributed by atoms with Gasteiger partial charge in [0.15, 0.2) is 17.5 Å². The highest BCUT2D eigenvalue weighted by atomic mass is 15.0. The Bertz CT molecular complexity index is 9050. The van der Waals surface area contributed by atoms with Crippen LogP contribution in [0, 0.1) is 0 Å². The summed E-state index contributed by atoms with van der Waals surface area (Å²) >= 11 is 0. The Hall–Kier alpha value is -20.0. The Morgan fingerprint density at radius 1 is 0.130 bits per heavy atom. The fourth-order valence-electron chi connectivity index (χ4n) is 19.6. The van der Waals surface area contributed by atoms with Gasteiger partial charge in [0.25, 0.3) is 0 Å². The van der Waals surface area contributed by atoms with Crippen LogP contribution in [0.5, 0.6) is 0 Å². The smallest absolute Gasteiger partial charge is 0.164 e. The molecule has 27 aromatic rings. The largest absolute Gasteiger partial charge is 0.256 e. The second kappa shape index (κ2) is 39.0. The molecule has 0 N–H and O–H groups in total. The highest BCUT2D eigenvalue weighted by molar-refractivity contribution is 6.20. The van der Waals surface area contributed by atoms with Gasteiger partial charge >= 0.3 is 0 Å². The first-order valence-electron chi connectivity index (χ1n) is 48.6. The zero-order valence-electron chi connectivity index (χ0n) is 78.8. The van der Waals surface area contributed by atoms with Crippen molar-refractivity contribution in [2.45, 2.75) is 0 Å². The monoisotopic (exact) mass is 1860 g/mol. The van der Waals surface area contributed by atoms with Gasteiger partial charge in [0.2, 0.25) is 0 Å². The maximum absolute atomic E-state index is 5.30. The minimum Gasteiger partial charge on any atom is -0.256 e. The summed E-state index contributed by atoms with van der Waals surface area (Å²) in [5.41, 5.74) is 33.3. The van der Waals surface area contributed by atoms with Crippen molar-refractivity contribution < 1.29 is 0 Å². The van der Waals surface area contributed by atoms with Gasteiger partial charge in [0.05, 0.1) is 95.9 Å². The number of benzene rings is 15. The van der Waals surface area contributed by atoms with Gasteiger partial charge in [-0.15, -0.1) is 0 Å². The number of fused-ring (bicyclic) bond motifs is 12. The lowest BCUT2D eigenvalue weighted by Gasteiger charge is -2.15. The molecule has 0 radical (unpaired) electrons. The van der Waals surface area contributed by atoms with Gasteiger partial charge in [-0.2, -0.15) is 0 Å². The van der Waals surface area contributed by atoms with Crippen LogP contribution >= 0.6 is 0 Å². The zero-order valence-corrected chi connectivity index (χ0v) is 78.8. The SMILES string of the molecule is c1ccc(-c2ccc3ccc4ccc(-c5ccc6c(c5)nc(-c5ccccc5)c5cccc(-c7ccccn7)c56)nc4c3n2)cc1.c1ccc(-c2nc(-c3ccccc3)nc(-c3ccc(-c4ccc5c(c4)nc(-c4ccccc4)c4cccc(-c6ccccn6)c45)cc3)n2)cc1.c1ccc(-c2nc3cc(-c4ccc(-c5cc(-c6ccccn6)nc(-c6ccccn6)c5)cc4)ccc3c3c(-c4ccccn4)cccc23)cc1. The van der Waals surface area contributed by atoms with Crippen molar-refractivity contribution in [3.05, 3.63) is 510 Å². The molecule has 12 heterocycles. The number of rotatable bonds is 16. The molecule has 0 saturated heterocycles. The molecule has 146 heavy (non-hydrogen) atoms. The van der Waals surface area contributed by atoms with Gasteiger partial charge in [-0.25, -0.2) is 44.9 Å². The Morgan fingerprint density at radius 2 is 0.404 bits per heavy atom. The molecule has 0 bridgehead atoms. The van der Waals surface area contributed by atoms with E-state index in [0.717, 1.165) is 250 Å². The van der Waals surface area contributed by atoms with Crippen LogP contribution in [-0.2, 0) is 0 Å². The molecule has 14 nitrogen and oxygen atoms in total. The van der Waals surface area contributed by atoms with Gasteiger partial charge in [-0.3, -0.25) is 24.9 Å². The van der Waals surface area contributed by atoms with Crippen molar-refractivity contribution in [1.29, 1.82) is 0 Å². The fourth-order valence-corrected chi connectivity index (χ4v) is 19.6. The number of pyridine rings is 11. The first-order chi connectivity index (χ1) is 72.4. The Labute approximate surface area is 841 Å². The van der Waals surface area contributed by atoms with Crippen LogP contribution in [0.3, 0.4) is 0 Å². The van der Waals surface area contributed by atoms with E-state index >= 15 is 0 Å². The van der Waals surface area contributed by atoms with Crippen LogP contribution in [0.25, 0.3) is 267 Å². The van der Waals surface area contributed by atoms with Crippen LogP contribution < -0.4 is 0 Å². The van der Waals surface area contributed by atoms with Crippen molar-refractivity contribution >= 4 is 86.8 Å². The quantitative estimate of drug-likeness (QED) is 0.0834. The summed E-state index contributed by atoms with van der Waals surface area (Å²) < 4.78 is 0. The molecule has 15 aromatic carbocycles. The van der Waals surface area contributed by atoms with E-state index in [1.165, 1.54) is 0 Å². The molecule has 0 saturated carbocycles. The Balaban J connectivity index is 0.000000114. The molecular weight excluding hydrogens is 1780 g/mol. The lowest BCUT2D eigenvalue weighted by molar-refractivity contribution is 1.07. The highest BCUT2D eigenvalue weighted by Gasteiger charge is 2.24. The summed E-state index contributed by atoms with van der Waals surface area (Å²) in [4.78, 5) is 69.1. The number of hydrogen-bond donors (Lipinski definition) is 0. The highest BCUT2D eigenvalue weighted by Crippen LogP contribution is 2.46. The van der Waals surface area contributed by atoms with Crippen LogP contribution in [0.15, 0.2) is 510 Å². The summed E-state index contributed by atoms with van der Waals surface area (Å²) in [6, 6.07) is 164. The first-order valence-corrected chi connectivity index (χ1v) is 48.6. The molecule has 682 valence electrons. The van der Waals surface area contributed by atoms with E-state index in [-0.39, 0.29) is 0 Å². The van der Waals surface area contributed by atoms with Crippen molar-refractivity contribution in [1.82, 2.24) is 69.8 Å². The summed E-state index contributed by atoms with van der Waals surface area (Å²) in [6.07, 6.45) is 9.13. The standard InChI is InChI=1S/2C45H29N5.C42H26N4/c1-4-13-31(14-5-1)42-38-20-12-19-36(39-21-10-11-28-46-39)41(38)37-27-26-35(29-40(37)47-42)30-22-24-34(25-23-30)45-49-43(32-15-6-2-7-16-32)48-44(50-45)33-17-8-3-9-18-33;1-2-11-32(12-3-1)45-37-14-10-13-35(38-15-4-7-24-46-38)44(37)36-23-22-33(27-41(36)50-45)30-18-20-31(21-19-30)34-28-42(39-16-5-8-25-47-39)49-43(29-34)40-17-6-9-26-48-40;1-3-10-27(11-4-1)35-23-20-29-17-18-30-21-24-36(45-42(30)41(29)44-35)31-19-22-33-38(26-31)46-40(28-12-5-2-6-13-28)34-15-9-14-32(39(33)34)37-16-7-8-25-43-37/h2*1-29H;1-26H. The van der Waals surface area contributed by atoms with Gasteiger partial charge in [0, 0.05) is 151 Å². The van der Waals surface area contributed by atoms with Gasteiger partial charge in [-0.1, -0.05) is 376 Å². The molecule has 27 rings (SSSR count). The topological polar surface area (TPSA) is 180 Å². The van der Waals surface area contributed by atoms with Crippen LogP contribution in [0.2, 0.25) is 0 Å². The molecule has 0 fully saturated rings.